The second-order valence-electron chi connectivity index (χ2n) is 3.91. The maximum absolute atomic E-state index is 8.93. The second kappa shape index (κ2) is 5.53. The van der Waals surface area contributed by atoms with Crippen LogP contribution in [0.3, 0.4) is 0 Å². The molecule has 2 aromatic rings. The van der Waals surface area contributed by atoms with Gasteiger partial charge in [-0.2, -0.15) is 4.52 Å². The van der Waals surface area contributed by atoms with Crippen LogP contribution in [0, 0.1) is 5.92 Å². The topological polar surface area (TPSA) is 88.2 Å². The molecule has 0 saturated carbocycles. The third kappa shape index (κ3) is 2.68. The van der Waals surface area contributed by atoms with E-state index in [0.717, 1.165) is 25.2 Å². The van der Waals surface area contributed by atoms with Crippen molar-refractivity contribution in [3.05, 3.63) is 12.4 Å². The first kappa shape index (κ1) is 11.7. The van der Waals surface area contributed by atoms with Gasteiger partial charge in [0.05, 0.1) is 12.4 Å². The zero-order valence-corrected chi connectivity index (χ0v) is 9.74. The van der Waals surface area contributed by atoms with Gasteiger partial charge in [-0.05, 0) is 22.8 Å². The first-order chi connectivity index (χ1) is 8.35. The molecule has 1 atom stereocenters. The molecule has 2 N–H and O–H groups in total. The number of hydrogen-bond acceptors (Lipinski definition) is 6. The highest BCUT2D eigenvalue weighted by Crippen LogP contribution is 2.11. The maximum atomic E-state index is 8.93. The molecule has 1 unspecified atom stereocenters. The highest BCUT2D eigenvalue weighted by Gasteiger charge is 2.08. The highest BCUT2D eigenvalue weighted by atomic mass is 16.3. The zero-order valence-electron chi connectivity index (χ0n) is 9.74. The number of nitrogens with one attached hydrogen (secondary N) is 1. The summed E-state index contributed by atoms with van der Waals surface area (Å²) in [6.45, 7) is 3.10. The number of aromatic nitrogens is 5. The van der Waals surface area contributed by atoms with E-state index in [-0.39, 0.29) is 6.61 Å². The van der Waals surface area contributed by atoms with Crippen LogP contribution in [0.4, 0.5) is 5.82 Å². The third-order valence-corrected chi connectivity index (χ3v) is 2.80. The van der Waals surface area contributed by atoms with Crippen LogP contribution in [0.25, 0.3) is 5.65 Å². The summed E-state index contributed by atoms with van der Waals surface area (Å²) in [6, 6.07) is 0. The Morgan fingerprint density at radius 3 is 3.12 bits per heavy atom. The fourth-order valence-electron chi connectivity index (χ4n) is 1.68. The predicted octanol–water partition coefficient (Wildman–Crippen LogP) is 0.340. The minimum atomic E-state index is 0.216. The molecule has 0 aliphatic carbocycles. The molecule has 0 amide bonds. The van der Waals surface area contributed by atoms with Crippen molar-refractivity contribution in [2.24, 2.45) is 5.92 Å². The number of aliphatic hydroxyl groups is 1. The number of hydrogen-bond donors (Lipinski definition) is 2. The summed E-state index contributed by atoms with van der Waals surface area (Å²) < 4.78 is 1.61. The van der Waals surface area contributed by atoms with E-state index in [9.17, 15) is 0 Å². The monoisotopic (exact) mass is 236 g/mol. The number of tetrazole rings is 1. The van der Waals surface area contributed by atoms with E-state index >= 15 is 0 Å². The summed E-state index contributed by atoms with van der Waals surface area (Å²) in [5, 5.41) is 23.5. The van der Waals surface area contributed by atoms with Gasteiger partial charge in [-0.15, -0.1) is 5.10 Å². The molecule has 2 heterocycles. The van der Waals surface area contributed by atoms with Gasteiger partial charge in [-0.3, -0.25) is 4.98 Å². The molecule has 2 rings (SSSR count). The molecular weight excluding hydrogens is 220 g/mol. The molecule has 0 aliphatic heterocycles. The van der Waals surface area contributed by atoms with E-state index in [4.69, 9.17) is 5.11 Å². The van der Waals surface area contributed by atoms with Crippen molar-refractivity contribution in [1.29, 1.82) is 0 Å². The lowest BCUT2D eigenvalue weighted by Gasteiger charge is -2.14. The highest BCUT2D eigenvalue weighted by molar-refractivity contribution is 5.43. The fraction of sp³-hybridized carbons (Fsp3) is 0.600. The van der Waals surface area contributed by atoms with Crippen molar-refractivity contribution in [2.45, 2.75) is 19.8 Å². The number of nitrogens with zero attached hydrogens (tertiary/aromatic N) is 5. The van der Waals surface area contributed by atoms with Crippen LogP contribution < -0.4 is 5.32 Å². The van der Waals surface area contributed by atoms with Gasteiger partial charge in [0.15, 0.2) is 5.65 Å². The molecule has 0 saturated heterocycles. The molecule has 0 aromatic carbocycles. The van der Waals surface area contributed by atoms with Gasteiger partial charge in [-0.1, -0.05) is 13.3 Å². The van der Waals surface area contributed by atoms with Crippen LogP contribution in [0.2, 0.25) is 0 Å². The zero-order chi connectivity index (χ0) is 12.1. The van der Waals surface area contributed by atoms with Crippen molar-refractivity contribution >= 4 is 11.5 Å². The largest absolute Gasteiger partial charge is 0.396 e. The summed E-state index contributed by atoms with van der Waals surface area (Å²) >= 11 is 0. The first-order valence-electron chi connectivity index (χ1n) is 5.72. The Morgan fingerprint density at radius 2 is 2.35 bits per heavy atom. The van der Waals surface area contributed by atoms with Gasteiger partial charge >= 0.3 is 0 Å². The summed E-state index contributed by atoms with van der Waals surface area (Å²) in [7, 11) is 0. The van der Waals surface area contributed by atoms with Gasteiger partial charge in [0.25, 0.3) is 0 Å². The Labute approximate surface area is 98.9 Å². The predicted molar refractivity (Wildman–Crippen MR) is 62.6 cm³/mol. The lowest BCUT2D eigenvalue weighted by molar-refractivity contribution is 0.258. The fourth-order valence-corrected chi connectivity index (χ4v) is 1.68. The summed E-state index contributed by atoms with van der Waals surface area (Å²) in [5.74, 6) is 1.20. The normalized spacial score (nSPS) is 12.8. The Morgan fingerprint density at radius 1 is 1.47 bits per heavy atom. The van der Waals surface area contributed by atoms with Gasteiger partial charge in [0.1, 0.15) is 5.82 Å². The van der Waals surface area contributed by atoms with E-state index in [2.05, 4.69) is 32.7 Å². The first-order valence-corrected chi connectivity index (χ1v) is 5.72. The van der Waals surface area contributed by atoms with Gasteiger partial charge in [0, 0.05) is 13.2 Å². The second-order valence-corrected chi connectivity index (χ2v) is 3.91. The average Bonchev–Trinajstić information content (AvgIpc) is 2.83. The molecule has 17 heavy (non-hydrogen) atoms. The molecule has 0 bridgehead atoms. The Kier molecular flexibility index (Phi) is 3.81. The molecule has 0 radical (unpaired) electrons. The van der Waals surface area contributed by atoms with E-state index in [1.807, 2.05) is 0 Å². The average molecular weight is 236 g/mol. The molecule has 0 fully saturated rings. The van der Waals surface area contributed by atoms with Gasteiger partial charge < -0.3 is 10.4 Å². The quantitative estimate of drug-likeness (QED) is 0.752. The Balaban J connectivity index is 2.05. The van der Waals surface area contributed by atoms with Crippen LogP contribution >= 0.6 is 0 Å². The molecule has 0 aliphatic rings. The van der Waals surface area contributed by atoms with E-state index in [1.54, 1.807) is 16.9 Å². The summed E-state index contributed by atoms with van der Waals surface area (Å²) in [5.41, 5.74) is 0.616. The number of anilines is 1. The summed E-state index contributed by atoms with van der Waals surface area (Å²) in [6.07, 6.45) is 5.11. The van der Waals surface area contributed by atoms with E-state index in [1.165, 1.54) is 0 Å². The smallest absolute Gasteiger partial charge is 0.199 e. The van der Waals surface area contributed by atoms with Crippen molar-refractivity contribution in [1.82, 2.24) is 25.0 Å². The van der Waals surface area contributed by atoms with Crippen LogP contribution in [0.5, 0.6) is 0 Å². The third-order valence-electron chi connectivity index (χ3n) is 2.80. The standard InChI is InChI=1S/C10H16N6O/c1-2-8(3-4-17)5-12-9-6-11-7-10-13-14-15-16(9)10/h6-8,12,17H,2-5H2,1H3. The van der Waals surface area contributed by atoms with Crippen LogP contribution in [-0.4, -0.2) is 43.3 Å². The molecule has 2 aromatic heterocycles. The summed E-state index contributed by atoms with van der Waals surface area (Å²) in [4.78, 5) is 4.06. The van der Waals surface area contributed by atoms with Crippen molar-refractivity contribution in [2.75, 3.05) is 18.5 Å². The molecular formula is C10H16N6O. The number of fused-ring (bicyclic) bond motifs is 1. The minimum Gasteiger partial charge on any atom is -0.396 e. The number of rotatable bonds is 6. The van der Waals surface area contributed by atoms with Crippen LogP contribution in [0.1, 0.15) is 19.8 Å². The van der Waals surface area contributed by atoms with Crippen molar-refractivity contribution in [3.63, 3.8) is 0 Å². The molecule has 7 nitrogen and oxygen atoms in total. The van der Waals surface area contributed by atoms with Crippen molar-refractivity contribution in [3.8, 4) is 0 Å². The molecule has 0 spiro atoms. The maximum Gasteiger partial charge on any atom is 0.199 e. The SMILES string of the molecule is CCC(CCO)CNc1cncc2nnnn12. The Hall–Kier alpha value is -1.76. The van der Waals surface area contributed by atoms with Gasteiger partial charge in [-0.25, -0.2) is 0 Å². The van der Waals surface area contributed by atoms with Crippen LogP contribution in [-0.2, 0) is 0 Å². The van der Waals surface area contributed by atoms with E-state index < -0.39 is 0 Å². The van der Waals surface area contributed by atoms with E-state index in [0.29, 0.717) is 11.6 Å². The molecule has 92 valence electrons. The lowest BCUT2D eigenvalue weighted by Crippen LogP contribution is -2.17. The lowest BCUT2D eigenvalue weighted by atomic mass is 10.0. The van der Waals surface area contributed by atoms with Crippen molar-refractivity contribution < 1.29 is 5.11 Å². The Bertz CT molecular complexity index is 471. The minimum absolute atomic E-state index is 0.216. The van der Waals surface area contributed by atoms with Crippen LogP contribution in [0.15, 0.2) is 12.4 Å². The number of aliphatic hydroxyl groups excluding tert-OH is 1. The molecule has 7 heteroatoms. The van der Waals surface area contributed by atoms with Gasteiger partial charge in [0.2, 0.25) is 0 Å².